The number of piperidine rings is 1. The van der Waals surface area contributed by atoms with Crippen molar-refractivity contribution in [1.29, 1.82) is 0 Å². The Hall–Kier alpha value is -0.810. The Balaban J connectivity index is 1.32. The van der Waals surface area contributed by atoms with Crippen LogP contribution in [0, 0.1) is 23.7 Å². The highest BCUT2D eigenvalue weighted by Crippen LogP contribution is 2.57. The van der Waals surface area contributed by atoms with Crippen LogP contribution in [0.4, 0.5) is 4.79 Å². The number of carbonyl (C=O) groups is 1. The third-order valence-corrected chi connectivity index (χ3v) is 6.89. The Kier molecular flexibility index (Phi) is 3.81. The monoisotopic (exact) mass is 306 g/mol. The first-order valence-electron chi connectivity index (χ1n) is 9.17. The molecule has 5 heteroatoms. The summed E-state index contributed by atoms with van der Waals surface area (Å²) in [5.41, 5.74) is 6.67. The number of nitrogens with two attached hydrogens (primary N) is 1. The quantitative estimate of drug-likeness (QED) is 0.632. The van der Waals surface area contributed by atoms with Crippen LogP contribution in [0.15, 0.2) is 0 Å². The average Bonchev–Trinajstić information content (AvgIpc) is 2.51. The smallest absolute Gasteiger partial charge is 0.315 e. The molecule has 4 bridgehead atoms. The molecule has 5 N–H and O–H groups in total. The number of urea groups is 1. The molecule has 0 atom stereocenters. The molecule has 5 nitrogen and oxygen atoms in total. The van der Waals surface area contributed by atoms with Crippen LogP contribution in [0.2, 0.25) is 0 Å². The minimum atomic E-state index is -0.154. The maximum absolute atomic E-state index is 12.2. The van der Waals surface area contributed by atoms with Gasteiger partial charge in [0.05, 0.1) is 0 Å². The average molecular weight is 306 g/mol. The van der Waals surface area contributed by atoms with Crippen LogP contribution < -0.4 is 21.7 Å². The van der Waals surface area contributed by atoms with Crippen molar-refractivity contribution in [3.63, 3.8) is 0 Å². The molecule has 124 valence electrons. The molecular formula is C17H30N4O. The first-order valence-corrected chi connectivity index (χ1v) is 9.17. The highest BCUT2D eigenvalue weighted by atomic mass is 16.2. The molecule has 5 fully saturated rings. The van der Waals surface area contributed by atoms with Crippen LogP contribution in [0.3, 0.4) is 0 Å². The van der Waals surface area contributed by atoms with E-state index in [2.05, 4.69) is 16.0 Å². The standard InChI is InChI=1S/C17H30N4O/c18-17(10-20-16(22)21-15-1-3-19-4-2-15)13-6-11-5-12(8-13)9-14(17)7-11/h11-15,19H,1-10,18H2,(H2,20,21,22). The Morgan fingerprint density at radius 2 is 1.64 bits per heavy atom. The number of nitrogens with one attached hydrogen (secondary N) is 3. The van der Waals surface area contributed by atoms with E-state index in [9.17, 15) is 4.79 Å². The third kappa shape index (κ3) is 2.62. The Labute approximate surface area is 133 Å². The van der Waals surface area contributed by atoms with E-state index in [4.69, 9.17) is 5.73 Å². The molecule has 1 saturated heterocycles. The predicted octanol–water partition coefficient (Wildman–Crippen LogP) is 1.19. The summed E-state index contributed by atoms with van der Waals surface area (Å²) >= 11 is 0. The normalized spacial score (nSPS) is 44.0. The first kappa shape index (κ1) is 14.8. The van der Waals surface area contributed by atoms with Gasteiger partial charge in [-0.2, -0.15) is 0 Å². The zero-order valence-electron chi connectivity index (χ0n) is 13.4. The molecule has 1 heterocycles. The van der Waals surface area contributed by atoms with Crippen LogP contribution in [0.5, 0.6) is 0 Å². The van der Waals surface area contributed by atoms with E-state index in [0.717, 1.165) is 37.8 Å². The van der Waals surface area contributed by atoms with Crippen molar-refractivity contribution in [2.45, 2.75) is 56.5 Å². The zero-order valence-corrected chi connectivity index (χ0v) is 13.4. The summed E-state index contributed by atoms with van der Waals surface area (Å²) in [6, 6.07) is 0.291. The summed E-state index contributed by atoms with van der Waals surface area (Å²) in [5, 5.41) is 9.54. The molecule has 0 unspecified atom stereocenters. The van der Waals surface area contributed by atoms with Crippen LogP contribution in [0.25, 0.3) is 0 Å². The van der Waals surface area contributed by atoms with Gasteiger partial charge in [0.1, 0.15) is 0 Å². The highest BCUT2D eigenvalue weighted by molar-refractivity contribution is 5.74. The SMILES string of the molecule is NC1(CNC(=O)NC2CCNCC2)C2CC3CC(C2)CC1C3. The molecule has 5 aliphatic rings. The molecule has 5 rings (SSSR count). The predicted molar refractivity (Wildman–Crippen MR) is 86.4 cm³/mol. The maximum atomic E-state index is 12.2. The Morgan fingerprint density at radius 1 is 1.05 bits per heavy atom. The zero-order chi connectivity index (χ0) is 15.2. The van der Waals surface area contributed by atoms with Gasteiger partial charge >= 0.3 is 6.03 Å². The van der Waals surface area contributed by atoms with Crippen molar-refractivity contribution in [2.75, 3.05) is 19.6 Å². The van der Waals surface area contributed by atoms with E-state index >= 15 is 0 Å². The lowest BCUT2D eigenvalue weighted by molar-refractivity contribution is -0.0530. The number of hydrogen-bond acceptors (Lipinski definition) is 3. The summed E-state index contributed by atoms with van der Waals surface area (Å²) in [4.78, 5) is 12.2. The van der Waals surface area contributed by atoms with Gasteiger partial charge in [0.15, 0.2) is 0 Å². The molecule has 4 aliphatic carbocycles. The molecule has 4 saturated carbocycles. The third-order valence-electron chi connectivity index (χ3n) is 6.89. The van der Waals surface area contributed by atoms with Gasteiger partial charge in [0.25, 0.3) is 0 Å². The largest absolute Gasteiger partial charge is 0.336 e. The number of carbonyl (C=O) groups excluding carboxylic acids is 1. The number of rotatable bonds is 3. The Morgan fingerprint density at radius 3 is 2.23 bits per heavy atom. The van der Waals surface area contributed by atoms with Crippen molar-refractivity contribution in [3.8, 4) is 0 Å². The fraction of sp³-hybridized carbons (Fsp3) is 0.941. The molecule has 0 spiro atoms. The van der Waals surface area contributed by atoms with Crippen molar-refractivity contribution in [2.24, 2.45) is 29.4 Å². The molecule has 22 heavy (non-hydrogen) atoms. The second kappa shape index (κ2) is 5.68. The first-order chi connectivity index (χ1) is 10.6. The fourth-order valence-electron chi connectivity index (χ4n) is 5.79. The molecule has 0 aromatic rings. The van der Waals surface area contributed by atoms with Gasteiger partial charge in [0.2, 0.25) is 0 Å². The van der Waals surface area contributed by atoms with E-state index < -0.39 is 0 Å². The van der Waals surface area contributed by atoms with Crippen molar-refractivity contribution in [3.05, 3.63) is 0 Å². The topological polar surface area (TPSA) is 79.2 Å². The van der Waals surface area contributed by atoms with E-state index in [1.807, 2.05) is 0 Å². The van der Waals surface area contributed by atoms with Gasteiger partial charge in [-0.25, -0.2) is 4.79 Å². The number of amides is 2. The summed E-state index contributed by atoms with van der Waals surface area (Å²) in [6.45, 7) is 2.65. The molecular weight excluding hydrogens is 276 g/mol. The van der Waals surface area contributed by atoms with Gasteiger partial charge in [-0.1, -0.05) is 0 Å². The van der Waals surface area contributed by atoms with Crippen molar-refractivity contribution in [1.82, 2.24) is 16.0 Å². The van der Waals surface area contributed by atoms with E-state index in [-0.39, 0.29) is 11.6 Å². The summed E-state index contributed by atoms with van der Waals surface area (Å²) < 4.78 is 0. The fourth-order valence-corrected chi connectivity index (χ4v) is 5.79. The second-order valence-corrected chi connectivity index (χ2v) is 8.27. The second-order valence-electron chi connectivity index (χ2n) is 8.27. The van der Waals surface area contributed by atoms with E-state index in [1.54, 1.807) is 0 Å². The minimum absolute atomic E-state index is 0.0227. The van der Waals surface area contributed by atoms with Crippen molar-refractivity contribution >= 4 is 6.03 Å². The van der Waals surface area contributed by atoms with E-state index in [0.29, 0.717) is 24.4 Å². The van der Waals surface area contributed by atoms with Crippen LogP contribution >= 0.6 is 0 Å². The van der Waals surface area contributed by atoms with Gasteiger partial charge in [-0.3, -0.25) is 0 Å². The molecule has 1 aliphatic heterocycles. The van der Waals surface area contributed by atoms with E-state index in [1.165, 1.54) is 32.1 Å². The van der Waals surface area contributed by atoms with Gasteiger partial charge in [-0.15, -0.1) is 0 Å². The van der Waals surface area contributed by atoms with Gasteiger partial charge < -0.3 is 21.7 Å². The van der Waals surface area contributed by atoms with Gasteiger partial charge in [-0.05, 0) is 81.7 Å². The molecule has 0 aromatic carbocycles. The van der Waals surface area contributed by atoms with Gasteiger partial charge in [0, 0.05) is 18.1 Å². The lowest BCUT2D eigenvalue weighted by atomic mass is 9.49. The summed E-state index contributed by atoms with van der Waals surface area (Å²) in [7, 11) is 0. The lowest BCUT2D eigenvalue weighted by Gasteiger charge is -2.59. The van der Waals surface area contributed by atoms with Crippen LogP contribution in [0.1, 0.15) is 44.9 Å². The minimum Gasteiger partial charge on any atom is -0.336 e. The lowest BCUT2D eigenvalue weighted by Crippen LogP contribution is -2.67. The van der Waals surface area contributed by atoms with Crippen LogP contribution in [-0.2, 0) is 0 Å². The highest BCUT2D eigenvalue weighted by Gasteiger charge is 2.55. The Bertz CT molecular complexity index is 404. The maximum Gasteiger partial charge on any atom is 0.315 e. The summed E-state index contributed by atoms with van der Waals surface area (Å²) in [5.74, 6) is 3.09. The molecule has 0 aromatic heterocycles. The summed E-state index contributed by atoms with van der Waals surface area (Å²) in [6.07, 6.45) is 8.66. The molecule has 2 amide bonds. The van der Waals surface area contributed by atoms with Crippen molar-refractivity contribution < 1.29 is 4.79 Å². The molecule has 0 radical (unpaired) electrons. The number of hydrogen-bond donors (Lipinski definition) is 4. The van der Waals surface area contributed by atoms with Crippen LogP contribution in [-0.4, -0.2) is 37.2 Å².